The molecular weight excluding hydrogens is 479 g/mol. The smallest absolute Gasteiger partial charge is 0.341 e. The highest BCUT2D eigenvalue weighted by Gasteiger charge is 2.52. The van der Waals surface area contributed by atoms with Gasteiger partial charge in [0.05, 0.1) is 12.2 Å². The molecule has 2 aliphatic rings. The van der Waals surface area contributed by atoms with Crippen molar-refractivity contribution in [1.29, 1.82) is 0 Å². The molecule has 0 radical (unpaired) electrons. The van der Waals surface area contributed by atoms with E-state index >= 15 is 0 Å². The van der Waals surface area contributed by atoms with Gasteiger partial charge in [-0.15, -0.1) is 10.2 Å². The molecule has 35 heavy (non-hydrogen) atoms. The number of rotatable bonds is 3. The second-order valence-electron chi connectivity index (χ2n) is 9.76. The first-order valence-corrected chi connectivity index (χ1v) is 12.0. The van der Waals surface area contributed by atoms with Crippen LogP contribution in [-0.2, 0) is 13.1 Å². The Kier molecular flexibility index (Phi) is 5.99. The maximum atomic E-state index is 14.0. The summed E-state index contributed by atoms with van der Waals surface area (Å²) in [5, 5.41) is 9.36. The fourth-order valence-corrected chi connectivity index (χ4v) is 4.99. The van der Waals surface area contributed by atoms with Crippen LogP contribution in [-0.4, -0.2) is 54.4 Å². The van der Waals surface area contributed by atoms with E-state index in [1.54, 1.807) is 18.3 Å². The fourth-order valence-electron chi connectivity index (χ4n) is 4.79. The molecule has 2 aromatic heterocycles. The Labute approximate surface area is 206 Å². The number of nitrogens with zero attached hydrogens (tertiary/aromatic N) is 7. The van der Waals surface area contributed by atoms with E-state index in [0.717, 1.165) is 48.7 Å². The minimum atomic E-state index is -4.41. The van der Waals surface area contributed by atoms with Crippen LogP contribution in [0.25, 0.3) is 5.69 Å². The lowest BCUT2D eigenvalue weighted by Gasteiger charge is -2.38. The van der Waals surface area contributed by atoms with Crippen LogP contribution in [0.3, 0.4) is 0 Å². The summed E-state index contributed by atoms with van der Waals surface area (Å²) in [6.07, 6.45) is -1.01. The van der Waals surface area contributed by atoms with E-state index in [4.69, 9.17) is 11.6 Å². The second-order valence-corrected chi connectivity index (χ2v) is 10.2. The zero-order valence-corrected chi connectivity index (χ0v) is 20.6. The highest BCUT2D eigenvalue weighted by Crippen LogP contribution is 2.40. The lowest BCUT2D eigenvalue weighted by Crippen LogP contribution is -2.53. The molecule has 0 unspecified atom stereocenters. The Hall–Kier alpha value is -2.72. The van der Waals surface area contributed by atoms with Crippen LogP contribution in [0.5, 0.6) is 0 Å². The van der Waals surface area contributed by atoms with Gasteiger partial charge in [-0.2, -0.15) is 13.2 Å². The van der Waals surface area contributed by atoms with E-state index in [9.17, 15) is 13.2 Å². The molecule has 1 aromatic carbocycles. The molecule has 2 aliphatic heterocycles. The quantitative estimate of drug-likeness (QED) is 0.496. The zero-order valence-electron chi connectivity index (χ0n) is 19.8. The molecule has 5 rings (SSSR count). The van der Waals surface area contributed by atoms with Gasteiger partial charge >= 0.3 is 6.18 Å². The summed E-state index contributed by atoms with van der Waals surface area (Å²) < 4.78 is 43.8. The standard InChI is InChI=1S/C24H27ClF3N7/c1-15-6-9-29-22(30-15)33-10-7-16(8-11-33)21-32-31-20-14-34(23(2,3)24(26,27)28)13-17-12-18(25)4-5-19(17)35(20)21/h4-6,9,12,16H,7-8,10-11,13-14H2,1-3H3. The van der Waals surface area contributed by atoms with E-state index in [2.05, 4.69) is 25.1 Å². The van der Waals surface area contributed by atoms with E-state index in [-0.39, 0.29) is 19.0 Å². The van der Waals surface area contributed by atoms with Gasteiger partial charge in [0.15, 0.2) is 5.82 Å². The van der Waals surface area contributed by atoms with Crippen LogP contribution in [0, 0.1) is 6.92 Å². The molecular formula is C24H27ClF3N7. The van der Waals surface area contributed by atoms with Gasteiger partial charge in [-0.3, -0.25) is 9.47 Å². The number of aromatic nitrogens is 5. The highest BCUT2D eigenvalue weighted by atomic mass is 35.5. The number of hydrogen-bond donors (Lipinski definition) is 0. The molecule has 1 saturated heterocycles. The second kappa shape index (κ2) is 8.74. The first kappa shape index (κ1) is 24.0. The van der Waals surface area contributed by atoms with Gasteiger partial charge in [-0.25, -0.2) is 9.97 Å². The third-order valence-corrected chi connectivity index (χ3v) is 7.38. The molecule has 0 saturated carbocycles. The molecule has 4 heterocycles. The zero-order chi connectivity index (χ0) is 25.0. The summed E-state index contributed by atoms with van der Waals surface area (Å²) in [6.45, 7) is 6.00. The number of hydrogen-bond acceptors (Lipinski definition) is 6. The molecule has 11 heteroatoms. The molecule has 0 spiro atoms. The molecule has 0 bridgehead atoms. The van der Waals surface area contributed by atoms with E-state index in [0.29, 0.717) is 16.8 Å². The minimum absolute atomic E-state index is 0.0295. The van der Waals surface area contributed by atoms with Crippen LogP contribution >= 0.6 is 11.6 Å². The highest BCUT2D eigenvalue weighted by molar-refractivity contribution is 6.30. The number of aryl methyl sites for hydroxylation is 1. The molecule has 7 nitrogen and oxygen atoms in total. The normalized spacial score (nSPS) is 17.7. The van der Waals surface area contributed by atoms with Crippen molar-refractivity contribution in [3.8, 4) is 5.69 Å². The summed E-state index contributed by atoms with van der Waals surface area (Å²) in [5.41, 5.74) is 0.378. The Morgan fingerprint density at radius 2 is 1.77 bits per heavy atom. The predicted molar refractivity (Wildman–Crippen MR) is 127 cm³/mol. The van der Waals surface area contributed by atoms with Gasteiger partial charge in [-0.1, -0.05) is 11.6 Å². The third-order valence-electron chi connectivity index (χ3n) is 7.14. The van der Waals surface area contributed by atoms with Crippen molar-refractivity contribution in [3.63, 3.8) is 0 Å². The van der Waals surface area contributed by atoms with Crippen LogP contribution in [0.4, 0.5) is 19.1 Å². The van der Waals surface area contributed by atoms with Crippen molar-refractivity contribution < 1.29 is 13.2 Å². The summed E-state index contributed by atoms with van der Waals surface area (Å²) in [4.78, 5) is 12.5. The van der Waals surface area contributed by atoms with E-state index in [1.165, 1.54) is 18.7 Å². The van der Waals surface area contributed by atoms with E-state index < -0.39 is 11.7 Å². The van der Waals surface area contributed by atoms with Gasteiger partial charge in [-0.05, 0) is 63.4 Å². The van der Waals surface area contributed by atoms with Crippen LogP contribution < -0.4 is 4.90 Å². The van der Waals surface area contributed by atoms with Crippen molar-refractivity contribution in [2.24, 2.45) is 0 Å². The van der Waals surface area contributed by atoms with Gasteiger partial charge in [0.25, 0.3) is 0 Å². The average molecular weight is 506 g/mol. The molecule has 0 atom stereocenters. The first-order chi connectivity index (χ1) is 16.5. The fraction of sp³-hybridized carbons (Fsp3) is 0.500. The Morgan fingerprint density at radius 3 is 2.46 bits per heavy atom. The number of anilines is 1. The lowest BCUT2D eigenvalue weighted by atomic mass is 9.95. The summed E-state index contributed by atoms with van der Waals surface area (Å²) >= 11 is 6.26. The third kappa shape index (κ3) is 4.38. The van der Waals surface area contributed by atoms with Gasteiger partial charge in [0, 0.05) is 42.5 Å². The summed E-state index contributed by atoms with van der Waals surface area (Å²) in [7, 11) is 0. The van der Waals surface area contributed by atoms with Gasteiger partial charge < -0.3 is 4.90 Å². The van der Waals surface area contributed by atoms with Crippen molar-refractivity contribution >= 4 is 17.5 Å². The molecule has 1 fully saturated rings. The SMILES string of the molecule is Cc1ccnc(N2CCC(c3nnc4n3-c3ccc(Cl)cc3CN(C(C)(C)C(F)(F)F)C4)CC2)n1. The molecule has 0 aliphatic carbocycles. The van der Waals surface area contributed by atoms with Crippen molar-refractivity contribution in [1.82, 2.24) is 29.6 Å². The Bertz CT molecular complexity index is 1230. The van der Waals surface area contributed by atoms with Crippen molar-refractivity contribution in [3.05, 3.63) is 58.4 Å². The first-order valence-electron chi connectivity index (χ1n) is 11.6. The number of halogens is 4. The molecule has 0 N–H and O–H groups in total. The van der Waals surface area contributed by atoms with Crippen molar-refractivity contribution in [2.75, 3.05) is 18.0 Å². The Morgan fingerprint density at radius 1 is 1.03 bits per heavy atom. The van der Waals surface area contributed by atoms with E-state index in [1.807, 2.05) is 23.6 Å². The number of alkyl halides is 3. The van der Waals surface area contributed by atoms with Crippen LogP contribution in [0.15, 0.2) is 30.5 Å². The largest absolute Gasteiger partial charge is 0.406 e. The number of benzene rings is 1. The number of piperidine rings is 1. The molecule has 186 valence electrons. The predicted octanol–water partition coefficient (Wildman–Crippen LogP) is 5.06. The summed E-state index contributed by atoms with van der Waals surface area (Å²) in [5.74, 6) is 2.11. The lowest BCUT2D eigenvalue weighted by molar-refractivity contribution is -0.224. The topological polar surface area (TPSA) is 63.0 Å². The van der Waals surface area contributed by atoms with Crippen LogP contribution in [0.1, 0.15) is 55.5 Å². The minimum Gasteiger partial charge on any atom is -0.341 e. The monoisotopic (exact) mass is 505 g/mol. The maximum Gasteiger partial charge on any atom is 0.406 e. The van der Waals surface area contributed by atoms with Gasteiger partial charge in [0.2, 0.25) is 5.95 Å². The molecule has 3 aromatic rings. The Balaban J connectivity index is 1.48. The summed E-state index contributed by atoms with van der Waals surface area (Å²) in [6, 6.07) is 7.23. The van der Waals surface area contributed by atoms with Crippen molar-refractivity contribution in [2.45, 2.75) is 64.3 Å². The average Bonchev–Trinajstić information content (AvgIpc) is 3.14. The molecule has 0 amide bonds. The maximum absolute atomic E-state index is 14.0. The number of fused-ring (bicyclic) bond motifs is 3. The van der Waals surface area contributed by atoms with Crippen LogP contribution in [0.2, 0.25) is 5.02 Å². The van der Waals surface area contributed by atoms with Gasteiger partial charge in [0.1, 0.15) is 11.4 Å².